The zero-order valence-corrected chi connectivity index (χ0v) is 11.7. The molecule has 1 aromatic rings. The van der Waals surface area contributed by atoms with Crippen LogP contribution in [-0.4, -0.2) is 65.6 Å². The quantitative estimate of drug-likeness (QED) is 0.743. The molecule has 2 rings (SSSR count). The van der Waals surface area contributed by atoms with Crippen molar-refractivity contribution in [2.75, 3.05) is 39.8 Å². The second-order valence-corrected chi connectivity index (χ2v) is 4.83. The van der Waals surface area contributed by atoms with Crippen LogP contribution in [-0.2, 0) is 0 Å². The summed E-state index contributed by atoms with van der Waals surface area (Å²) >= 11 is 0. The van der Waals surface area contributed by atoms with Crippen LogP contribution in [0.4, 0.5) is 0 Å². The minimum Gasteiger partial charge on any atom is -0.384 e. The Morgan fingerprint density at radius 3 is 3.05 bits per heavy atom. The third-order valence-corrected chi connectivity index (χ3v) is 3.36. The second-order valence-electron chi connectivity index (χ2n) is 4.83. The summed E-state index contributed by atoms with van der Waals surface area (Å²) in [5.74, 6) is 5.35. The van der Waals surface area contributed by atoms with Gasteiger partial charge in [-0.25, -0.2) is 0 Å². The summed E-state index contributed by atoms with van der Waals surface area (Å²) in [6.07, 6.45) is 4.14. The number of hydrogen-bond acceptors (Lipinski definition) is 4. The van der Waals surface area contributed by atoms with Gasteiger partial charge in [-0.1, -0.05) is 11.8 Å². The number of hydrogen-bond donors (Lipinski definition) is 1. The van der Waals surface area contributed by atoms with Crippen LogP contribution in [0.3, 0.4) is 0 Å². The molecule has 1 aromatic heterocycles. The Hall–Kier alpha value is -1.90. The number of aliphatic hydroxyl groups is 1. The van der Waals surface area contributed by atoms with Crippen molar-refractivity contribution in [2.45, 2.75) is 6.42 Å². The maximum absolute atomic E-state index is 12.6. The predicted octanol–water partition coefficient (Wildman–Crippen LogP) is 0.203. The van der Waals surface area contributed by atoms with Gasteiger partial charge in [0.2, 0.25) is 0 Å². The van der Waals surface area contributed by atoms with E-state index < -0.39 is 0 Å². The molecular weight excluding hydrogens is 254 g/mol. The highest BCUT2D eigenvalue weighted by Crippen LogP contribution is 2.12. The Labute approximate surface area is 119 Å². The molecular formula is C15H19N3O2. The summed E-state index contributed by atoms with van der Waals surface area (Å²) in [7, 11) is 2.07. The van der Waals surface area contributed by atoms with E-state index in [1.165, 1.54) is 0 Å². The van der Waals surface area contributed by atoms with Gasteiger partial charge in [0.05, 0.1) is 11.1 Å². The van der Waals surface area contributed by atoms with Crippen molar-refractivity contribution in [3.05, 3.63) is 29.6 Å². The fourth-order valence-corrected chi connectivity index (χ4v) is 2.24. The van der Waals surface area contributed by atoms with Crippen molar-refractivity contribution in [2.24, 2.45) is 0 Å². The lowest BCUT2D eigenvalue weighted by Gasteiger charge is -2.21. The SMILES string of the molecule is CN1CCCN(C(=O)c2ccncc2C#CCO)CC1. The van der Waals surface area contributed by atoms with Crippen molar-refractivity contribution in [1.82, 2.24) is 14.8 Å². The van der Waals surface area contributed by atoms with Gasteiger partial charge in [-0.2, -0.15) is 0 Å². The molecule has 0 unspecified atom stereocenters. The minimum atomic E-state index is -0.225. The maximum Gasteiger partial charge on any atom is 0.255 e. The van der Waals surface area contributed by atoms with E-state index in [9.17, 15) is 4.79 Å². The molecule has 0 bridgehead atoms. The first-order chi connectivity index (χ1) is 9.72. The van der Waals surface area contributed by atoms with Gasteiger partial charge >= 0.3 is 0 Å². The Morgan fingerprint density at radius 1 is 1.40 bits per heavy atom. The molecule has 0 aliphatic carbocycles. The monoisotopic (exact) mass is 273 g/mol. The van der Waals surface area contributed by atoms with Crippen LogP contribution in [0.2, 0.25) is 0 Å². The average Bonchev–Trinajstić information content (AvgIpc) is 2.69. The third kappa shape index (κ3) is 3.56. The lowest BCUT2D eigenvalue weighted by atomic mass is 10.1. The normalized spacial score (nSPS) is 16.2. The minimum absolute atomic E-state index is 0.00932. The van der Waals surface area contributed by atoms with E-state index in [4.69, 9.17) is 5.11 Å². The number of nitrogens with zero attached hydrogens (tertiary/aromatic N) is 3. The van der Waals surface area contributed by atoms with Crippen LogP contribution in [0, 0.1) is 11.8 Å². The zero-order valence-electron chi connectivity index (χ0n) is 11.7. The number of carbonyl (C=O) groups excluding carboxylic acids is 1. The highest BCUT2D eigenvalue weighted by Gasteiger charge is 2.20. The fraction of sp³-hybridized carbons (Fsp3) is 0.467. The topological polar surface area (TPSA) is 56.7 Å². The number of aliphatic hydroxyl groups excluding tert-OH is 1. The van der Waals surface area contributed by atoms with Gasteiger partial charge in [0.1, 0.15) is 6.61 Å². The maximum atomic E-state index is 12.6. The van der Waals surface area contributed by atoms with E-state index in [1.54, 1.807) is 18.5 Å². The molecule has 5 nitrogen and oxygen atoms in total. The van der Waals surface area contributed by atoms with E-state index in [-0.39, 0.29) is 12.5 Å². The van der Waals surface area contributed by atoms with Crippen LogP contribution in [0.1, 0.15) is 22.3 Å². The summed E-state index contributed by atoms with van der Waals surface area (Å²) in [5.41, 5.74) is 1.13. The first-order valence-electron chi connectivity index (χ1n) is 6.74. The van der Waals surface area contributed by atoms with E-state index in [2.05, 4.69) is 28.8 Å². The molecule has 1 N–H and O–H groups in total. The Morgan fingerprint density at radius 2 is 2.25 bits per heavy atom. The molecule has 1 amide bonds. The van der Waals surface area contributed by atoms with Crippen molar-refractivity contribution in [3.63, 3.8) is 0 Å². The lowest BCUT2D eigenvalue weighted by molar-refractivity contribution is 0.0762. The van der Waals surface area contributed by atoms with Crippen LogP contribution in [0.15, 0.2) is 18.5 Å². The number of carbonyl (C=O) groups is 1. The number of amides is 1. The smallest absolute Gasteiger partial charge is 0.255 e. The van der Waals surface area contributed by atoms with Gasteiger partial charge in [-0.05, 0) is 26.1 Å². The second kappa shape index (κ2) is 7.04. The molecule has 20 heavy (non-hydrogen) atoms. The van der Waals surface area contributed by atoms with E-state index >= 15 is 0 Å². The molecule has 0 radical (unpaired) electrons. The molecule has 2 heterocycles. The predicted molar refractivity (Wildman–Crippen MR) is 76.2 cm³/mol. The lowest BCUT2D eigenvalue weighted by Crippen LogP contribution is -2.34. The van der Waals surface area contributed by atoms with Gasteiger partial charge in [0.15, 0.2) is 0 Å². The summed E-state index contributed by atoms with van der Waals surface area (Å²) in [6.45, 7) is 3.16. The van der Waals surface area contributed by atoms with Crippen LogP contribution in [0.25, 0.3) is 0 Å². The molecule has 1 aliphatic rings. The molecule has 0 atom stereocenters. The standard InChI is InChI=1S/C15H19N3O2/c1-17-7-3-8-18(10-9-17)15(20)14-5-6-16-12-13(14)4-2-11-19/h5-6,12,19H,3,7-11H2,1H3. The summed E-state index contributed by atoms with van der Waals surface area (Å²) in [6, 6.07) is 1.69. The Kier molecular flexibility index (Phi) is 5.10. The first-order valence-corrected chi connectivity index (χ1v) is 6.74. The molecule has 1 saturated heterocycles. The van der Waals surface area contributed by atoms with Crippen molar-refractivity contribution >= 4 is 5.91 Å². The molecule has 5 heteroatoms. The summed E-state index contributed by atoms with van der Waals surface area (Å²) in [5, 5.41) is 8.78. The Balaban J connectivity index is 2.20. The largest absolute Gasteiger partial charge is 0.384 e. The van der Waals surface area contributed by atoms with Gasteiger partial charge in [-0.15, -0.1) is 0 Å². The van der Waals surface area contributed by atoms with E-state index in [1.807, 2.05) is 4.90 Å². The molecule has 0 saturated carbocycles. The van der Waals surface area contributed by atoms with Crippen molar-refractivity contribution < 1.29 is 9.90 Å². The first kappa shape index (κ1) is 14.5. The summed E-state index contributed by atoms with van der Waals surface area (Å²) in [4.78, 5) is 20.7. The highest BCUT2D eigenvalue weighted by molar-refractivity contribution is 5.96. The van der Waals surface area contributed by atoms with E-state index in [0.717, 1.165) is 32.6 Å². The molecule has 0 spiro atoms. The molecule has 106 valence electrons. The van der Waals surface area contributed by atoms with Gasteiger partial charge in [0, 0.05) is 32.0 Å². The van der Waals surface area contributed by atoms with Crippen molar-refractivity contribution in [1.29, 1.82) is 0 Å². The van der Waals surface area contributed by atoms with Crippen LogP contribution < -0.4 is 0 Å². The van der Waals surface area contributed by atoms with Gasteiger partial charge < -0.3 is 14.9 Å². The number of aromatic nitrogens is 1. The number of rotatable bonds is 1. The van der Waals surface area contributed by atoms with Crippen LogP contribution in [0.5, 0.6) is 0 Å². The van der Waals surface area contributed by atoms with Gasteiger partial charge in [-0.3, -0.25) is 9.78 Å². The van der Waals surface area contributed by atoms with Crippen molar-refractivity contribution in [3.8, 4) is 11.8 Å². The molecule has 0 aromatic carbocycles. The highest BCUT2D eigenvalue weighted by atomic mass is 16.2. The average molecular weight is 273 g/mol. The molecule has 1 aliphatic heterocycles. The summed E-state index contributed by atoms with van der Waals surface area (Å²) < 4.78 is 0. The zero-order chi connectivity index (χ0) is 14.4. The van der Waals surface area contributed by atoms with Gasteiger partial charge in [0.25, 0.3) is 5.91 Å². The number of likely N-dealkylation sites (N-methyl/N-ethyl adjacent to an activating group) is 1. The molecule has 1 fully saturated rings. The third-order valence-electron chi connectivity index (χ3n) is 3.36. The Bertz CT molecular complexity index is 533. The van der Waals surface area contributed by atoms with Crippen LogP contribution >= 0.6 is 0 Å². The van der Waals surface area contributed by atoms with E-state index in [0.29, 0.717) is 11.1 Å². The number of pyridine rings is 1. The fourth-order valence-electron chi connectivity index (χ4n) is 2.24.